The molecule has 0 bridgehead atoms. The number of rotatable bonds is 4. The Hall–Kier alpha value is -2.74. The van der Waals surface area contributed by atoms with Crippen LogP contribution in [-0.4, -0.2) is 36.2 Å². The van der Waals surface area contributed by atoms with E-state index in [0.29, 0.717) is 0 Å². The van der Waals surface area contributed by atoms with Gasteiger partial charge in [0.1, 0.15) is 22.0 Å². The molecule has 14 heteroatoms. The molecule has 1 radical (unpaired) electrons. The fraction of sp³-hybridized carbons (Fsp3) is 0. The van der Waals surface area contributed by atoms with Crippen molar-refractivity contribution in [3.8, 4) is 11.5 Å². The van der Waals surface area contributed by atoms with E-state index < -0.39 is 52.9 Å². The normalized spacial score (nSPS) is 12.2. The van der Waals surface area contributed by atoms with Crippen molar-refractivity contribution in [2.45, 2.75) is 9.79 Å². The third-order valence-electron chi connectivity index (χ3n) is 3.86. The van der Waals surface area contributed by atoms with Gasteiger partial charge >= 0.3 is 0 Å². The molecule has 3 aromatic rings. The predicted octanol–water partition coefficient (Wildman–Crippen LogP) is 2.74. The molecule has 3 rings (SSSR count). The molecule has 0 aliphatic heterocycles. The van der Waals surface area contributed by atoms with Crippen LogP contribution in [0.5, 0.6) is 11.5 Å². The zero-order valence-corrected chi connectivity index (χ0v) is 17.1. The number of nitrogen functional groups attached to an aromatic ring is 1. The van der Waals surface area contributed by atoms with E-state index in [9.17, 15) is 31.6 Å². The molecule has 0 aromatic heterocycles. The van der Waals surface area contributed by atoms with Gasteiger partial charge in [-0.25, -0.2) is 0 Å². The van der Waals surface area contributed by atoms with Crippen LogP contribution in [0.25, 0.3) is 10.8 Å². The van der Waals surface area contributed by atoms with Gasteiger partial charge in [-0.3, -0.25) is 9.11 Å². The third kappa shape index (κ3) is 4.70. The van der Waals surface area contributed by atoms with Crippen LogP contribution in [0.2, 0.25) is 0 Å². The molecule has 0 fully saturated rings. The van der Waals surface area contributed by atoms with Gasteiger partial charge < -0.3 is 15.9 Å². The molecular weight excluding hydrogens is 490 g/mol. The van der Waals surface area contributed by atoms with Crippen molar-refractivity contribution in [2.75, 3.05) is 5.73 Å². The maximum Gasteiger partial charge on any atom is 0.296 e. The zero-order valence-electron chi connectivity index (χ0n) is 14.6. The number of nitrogens with zero attached hydrogens (tertiary/aromatic N) is 2. The Kier molecular flexibility index (Phi) is 6.42. The van der Waals surface area contributed by atoms with Crippen molar-refractivity contribution in [3.63, 3.8) is 0 Å². The molecule has 3 aromatic carbocycles. The Balaban J connectivity index is 0.00000320. The summed E-state index contributed by atoms with van der Waals surface area (Å²) in [5, 5.41) is 27.7. The minimum Gasteiger partial charge on any atom is -0.506 e. The Morgan fingerprint density at radius 3 is 2.10 bits per heavy atom. The number of azo groups is 1. The smallest absolute Gasteiger partial charge is 0.296 e. The summed E-state index contributed by atoms with van der Waals surface area (Å²) >= 11 is 0. The average molecular weight is 503 g/mol. The van der Waals surface area contributed by atoms with Crippen LogP contribution in [0.1, 0.15) is 0 Å². The molecule has 0 saturated heterocycles. The first-order chi connectivity index (χ1) is 13.4. The fourth-order valence-electron chi connectivity index (χ4n) is 2.51. The van der Waals surface area contributed by atoms with Gasteiger partial charge in [0.15, 0.2) is 5.75 Å². The summed E-state index contributed by atoms with van der Waals surface area (Å²) in [6, 6.07) is 7.83. The molecule has 163 valence electrons. The van der Waals surface area contributed by atoms with Gasteiger partial charge in [-0.05, 0) is 47.9 Å². The van der Waals surface area contributed by atoms with Crippen LogP contribution < -0.4 is 5.73 Å². The van der Waals surface area contributed by atoms with Crippen LogP contribution in [-0.2, 0) is 37.3 Å². The van der Waals surface area contributed by atoms with Gasteiger partial charge in [0.25, 0.3) is 20.2 Å². The molecule has 0 saturated carbocycles. The van der Waals surface area contributed by atoms with E-state index in [1.807, 2.05) is 0 Å². The van der Waals surface area contributed by atoms with E-state index in [1.165, 1.54) is 18.2 Å². The Bertz CT molecular complexity index is 1390. The van der Waals surface area contributed by atoms with Gasteiger partial charge in [0.2, 0.25) is 0 Å². The molecule has 0 amide bonds. The number of fused-ring (bicyclic) bond motifs is 1. The summed E-state index contributed by atoms with van der Waals surface area (Å²) in [7, 11) is -9.47. The number of phenolic OH excluding ortho intramolecular Hbond substituents is 2. The second-order valence-corrected chi connectivity index (χ2v) is 8.66. The maximum absolute atomic E-state index is 11.7. The van der Waals surface area contributed by atoms with E-state index in [-0.39, 0.29) is 33.5 Å². The molecule has 0 heterocycles. The quantitative estimate of drug-likeness (QED) is 0.154. The number of phenols is 2. The van der Waals surface area contributed by atoms with Gasteiger partial charge in [0.05, 0.1) is 4.90 Å². The van der Waals surface area contributed by atoms with Crippen molar-refractivity contribution in [3.05, 3.63) is 42.5 Å². The van der Waals surface area contributed by atoms with E-state index in [0.717, 1.165) is 24.3 Å². The third-order valence-corrected chi connectivity index (χ3v) is 5.57. The first-order valence-electron chi connectivity index (χ1n) is 7.63. The van der Waals surface area contributed by atoms with Gasteiger partial charge in [0, 0.05) is 28.1 Å². The number of hydrogen-bond donors (Lipinski definition) is 5. The molecule has 11 nitrogen and oxygen atoms in total. The molecular formula is C16H13CuN3O8S2. The van der Waals surface area contributed by atoms with E-state index >= 15 is 0 Å². The molecule has 0 aliphatic carbocycles. The van der Waals surface area contributed by atoms with Crippen molar-refractivity contribution in [2.24, 2.45) is 10.2 Å². The number of hydrogen-bond acceptors (Lipinski definition) is 9. The summed E-state index contributed by atoms with van der Waals surface area (Å²) in [6.07, 6.45) is 0. The number of aromatic hydroxyl groups is 2. The summed E-state index contributed by atoms with van der Waals surface area (Å²) in [4.78, 5) is -1.39. The molecule has 30 heavy (non-hydrogen) atoms. The summed E-state index contributed by atoms with van der Waals surface area (Å²) < 4.78 is 64.5. The van der Waals surface area contributed by atoms with E-state index in [4.69, 9.17) is 10.3 Å². The topological polar surface area (TPSA) is 200 Å². The summed E-state index contributed by atoms with van der Waals surface area (Å²) in [5.41, 5.74) is 4.82. The van der Waals surface area contributed by atoms with Crippen LogP contribution in [0.4, 0.5) is 17.1 Å². The first-order valence-corrected chi connectivity index (χ1v) is 10.5. The van der Waals surface area contributed by atoms with Crippen LogP contribution >= 0.6 is 0 Å². The Labute approximate surface area is 180 Å². The van der Waals surface area contributed by atoms with Crippen molar-refractivity contribution >= 4 is 48.1 Å². The van der Waals surface area contributed by atoms with Crippen LogP contribution in [0, 0.1) is 0 Å². The monoisotopic (exact) mass is 502 g/mol. The van der Waals surface area contributed by atoms with Crippen molar-refractivity contribution < 1.29 is 53.2 Å². The average Bonchev–Trinajstić information content (AvgIpc) is 2.60. The van der Waals surface area contributed by atoms with Crippen LogP contribution in [0.15, 0.2) is 62.5 Å². The number of anilines is 1. The second-order valence-electron chi connectivity index (χ2n) is 5.85. The molecule has 0 aliphatic rings. The Morgan fingerprint density at radius 1 is 0.833 bits per heavy atom. The number of nitrogens with two attached hydrogens (primary N) is 1. The molecule has 0 atom stereocenters. The molecule has 6 N–H and O–H groups in total. The van der Waals surface area contributed by atoms with Gasteiger partial charge in [-0.15, -0.1) is 10.2 Å². The molecule has 0 spiro atoms. The second kappa shape index (κ2) is 8.18. The van der Waals surface area contributed by atoms with E-state index in [2.05, 4.69) is 10.2 Å². The number of benzene rings is 3. The zero-order chi connectivity index (χ0) is 21.6. The van der Waals surface area contributed by atoms with Crippen molar-refractivity contribution in [1.82, 2.24) is 0 Å². The standard InChI is InChI=1S/C16H13N3O8S2.Cu/c17-9-1-3-11-8(5-9)6-14(29(25,26)27)15(16(11)21)19-18-12-7-10(28(22,23)24)2-4-13(12)20;/h1-7,20-21H,17H2,(H,22,23,24)(H,25,26,27);. The summed E-state index contributed by atoms with van der Waals surface area (Å²) in [6.45, 7) is 0. The molecule has 0 unspecified atom stereocenters. The minimum absolute atomic E-state index is 0. The Morgan fingerprint density at radius 2 is 1.50 bits per heavy atom. The van der Waals surface area contributed by atoms with E-state index in [1.54, 1.807) is 0 Å². The van der Waals surface area contributed by atoms with Gasteiger partial charge in [-0.1, -0.05) is 0 Å². The maximum atomic E-state index is 11.7. The summed E-state index contributed by atoms with van der Waals surface area (Å²) in [5.74, 6) is -1.19. The fourth-order valence-corrected chi connectivity index (χ4v) is 3.67. The largest absolute Gasteiger partial charge is 0.506 e. The van der Waals surface area contributed by atoms with Crippen molar-refractivity contribution in [1.29, 1.82) is 0 Å². The van der Waals surface area contributed by atoms with Gasteiger partial charge in [-0.2, -0.15) is 16.8 Å². The minimum atomic E-state index is -4.86. The predicted molar refractivity (Wildman–Crippen MR) is 102 cm³/mol. The first kappa shape index (κ1) is 23.5. The van der Waals surface area contributed by atoms with Crippen LogP contribution in [0.3, 0.4) is 0 Å². The SMILES string of the molecule is Nc1ccc2c(O)c(N=Nc3cc(S(=O)(=O)O)ccc3O)c(S(=O)(=O)O)cc2c1.[Cu].